The summed E-state index contributed by atoms with van der Waals surface area (Å²) >= 11 is 2.72. The Kier molecular flexibility index (Phi) is 6.87. The molecule has 142 valence electrons. The van der Waals surface area contributed by atoms with Crippen molar-refractivity contribution in [1.29, 1.82) is 0 Å². The normalized spacial score (nSPS) is 27.2. The lowest BCUT2D eigenvalue weighted by molar-refractivity contribution is -0.158. The highest BCUT2D eigenvalue weighted by Gasteiger charge is 2.63. The number of fused-ring (bicyclic) bond motifs is 1. The first kappa shape index (κ1) is 20.6. The Morgan fingerprint density at radius 2 is 2.00 bits per heavy atom. The number of hydrogen-bond donors (Lipinski definition) is 0. The van der Waals surface area contributed by atoms with Gasteiger partial charge in [-0.05, 0) is 37.9 Å². The van der Waals surface area contributed by atoms with E-state index < -0.39 is 6.04 Å². The molecule has 0 unspecified atom stereocenters. The van der Waals surface area contributed by atoms with Crippen LogP contribution in [0.15, 0.2) is 0 Å². The SMILES string of the molecule is CCCCCC(=O)OCSC(=O)[C@@H]1N2C(=O)[C@@H](C(C)C)[C@H]2SC1(C)C. The minimum absolute atomic E-state index is 0.00321. The van der Waals surface area contributed by atoms with Crippen molar-refractivity contribution >= 4 is 40.5 Å². The van der Waals surface area contributed by atoms with Gasteiger partial charge in [-0.25, -0.2) is 0 Å². The topological polar surface area (TPSA) is 63.7 Å². The first-order chi connectivity index (χ1) is 11.7. The molecule has 5 nitrogen and oxygen atoms in total. The number of ether oxygens (including phenoxy) is 1. The van der Waals surface area contributed by atoms with Gasteiger partial charge in [0.25, 0.3) is 0 Å². The van der Waals surface area contributed by atoms with Gasteiger partial charge in [0.05, 0.1) is 11.3 Å². The van der Waals surface area contributed by atoms with E-state index >= 15 is 0 Å². The molecule has 2 heterocycles. The summed E-state index contributed by atoms with van der Waals surface area (Å²) in [6, 6.07) is -0.450. The van der Waals surface area contributed by atoms with Crippen LogP contribution >= 0.6 is 23.5 Å². The van der Waals surface area contributed by atoms with Crippen molar-refractivity contribution in [2.75, 3.05) is 5.94 Å². The molecule has 0 radical (unpaired) electrons. The van der Waals surface area contributed by atoms with E-state index in [4.69, 9.17) is 4.74 Å². The van der Waals surface area contributed by atoms with E-state index in [1.807, 2.05) is 13.8 Å². The summed E-state index contributed by atoms with van der Waals surface area (Å²) in [6.45, 7) is 10.2. The van der Waals surface area contributed by atoms with Crippen LogP contribution in [0.5, 0.6) is 0 Å². The smallest absolute Gasteiger partial charge is 0.306 e. The number of thioether (sulfide) groups is 2. The number of β-lactam (4-membered cyclic amide) rings is 1. The predicted molar refractivity (Wildman–Crippen MR) is 102 cm³/mol. The van der Waals surface area contributed by atoms with Crippen molar-refractivity contribution in [3.8, 4) is 0 Å². The van der Waals surface area contributed by atoms with E-state index in [2.05, 4.69) is 20.8 Å². The Bertz CT molecular complexity index is 535. The van der Waals surface area contributed by atoms with E-state index in [0.717, 1.165) is 31.0 Å². The van der Waals surface area contributed by atoms with Crippen molar-refractivity contribution in [2.24, 2.45) is 11.8 Å². The van der Waals surface area contributed by atoms with Crippen LogP contribution in [-0.4, -0.2) is 44.0 Å². The Morgan fingerprint density at radius 1 is 1.32 bits per heavy atom. The van der Waals surface area contributed by atoms with Gasteiger partial charge < -0.3 is 9.64 Å². The summed E-state index contributed by atoms with van der Waals surface area (Å²) in [5, 5.41) is 0.00515. The van der Waals surface area contributed by atoms with Gasteiger partial charge in [0.2, 0.25) is 11.0 Å². The van der Waals surface area contributed by atoms with Crippen molar-refractivity contribution in [1.82, 2.24) is 4.90 Å². The number of hydrogen-bond acceptors (Lipinski definition) is 6. The lowest BCUT2D eigenvalue weighted by Gasteiger charge is -2.46. The standard InChI is InChI=1S/C18H29NO4S2/c1-6-7-8-9-12(20)23-10-24-17(22)14-18(4,5)25-16-13(11(2)3)15(21)19(14)16/h11,13-14,16H,6-10H2,1-5H3/t13-,14+,16-/m1/s1. The zero-order valence-corrected chi connectivity index (χ0v) is 17.4. The molecule has 2 saturated heterocycles. The highest BCUT2D eigenvalue weighted by atomic mass is 32.2. The summed E-state index contributed by atoms with van der Waals surface area (Å²) < 4.78 is 4.83. The molecule has 2 fully saturated rings. The fourth-order valence-corrected chi connectivity index (χ4v) is 6.30. The first-order valence-electron chi connectivity index (χ1n) is 9.03. The van der Waals surface area contributed by atoms with Crippen LogP contribution in [0.4, 0.5) is 0 Å². The number of nitrogens with zero attached hydrogens (tertiary/aromatic N) is 1. The van der Waals surface area contributed by atoms with Crippen LogP contribution in [-0.2, 0) is 19.1 Å². The number of unbranched alkanes of at least 4 members (excludes halogenated alkanes) is 2. The molecule has 0 spiro atoms. The summed E-state index contributed by atoms with van der Waals surface area (Å²) in [6.07, 6.45) is 3.28. The van der Waals surface area contributed by atoms with Gasteiger partial charge in [0.1, 0.15) is 12.0 Å². The van der Waals surface area contributed by atoms with Crippen molar-refractivity contribution in [2.45, 2.75) is 76.5 Å². The summed E-state index contributed by atoms with van der Waals surface area (Å²) in [5.41, 5.74) is 0. The van der Waals surface area contributed by atoms with Crippen molar-refractivity contribution in [3.05, 3.63) is 0 Å². The lowest BCUT2D eigenvalue weighted by Crippen LogP contribution is -2.63. The third-order valence-corrected chi connectivity index (χ3v) is 7.17. The number of amides is 1. The Balaban J connectivity index is 1.87. The maximum absolute atomic E-state index is 12.7. The molecule has 0 N–H and O–H groups in total. The van der Waals surface area contributed by atoms with Crippen LogP contribution in [0.3, 0.4) is 0 Å². The third kappa shape index (κ3) is 4.35. The van der Waals surface area contributed by atoms with Crippen LogP contribution in [0.25, 0.3) is 0 Å². The molecule has 0 saturated carbocycles. The van der Waals surface area contributed by atoms with E-state index in [1.165, 1.54) is 0 Å². The summed E-state index contributed by atoms with van der Waals surface area (Å²) in [4.78, 5) is 38.5. The largest absolute Gasteiger partial charge is 0.454 e. The number of rotatable bonds is 8. The van der Waals surface area contributed by atoms with Gasteiger partial charge in [0, 0.05) is 11.2 Å². The van der Waals surface area contributed by atoms with Gasteiger partial charge in [0.15, 0.2) is 0 Å². The molecule has 2 aliphatic rings. The van der Waals surface area contributed by atoms with Crippen molar-refractivity contribution in [3.63, 3.8) is 0 Å². The summed E-state index contributed by atoms with van der Waals surface area (Å²) in [7, 11) is 0. The van der Waals surface area contributed by atoms with Gasteiger partial charge in [-0.3, -0.25) is 14.4 Å². The van der Waals surface area contributed by atoms with E-state index in [1.54, 1.807) is 16.7 Å². The minimum Gasteiger partial charge on any atom is -0.454 e. The number of esters is 1. The lowest BCUT2D eigenvalue weighted by atomic mass is 9.84. The average molecular weight is 388 g/mol. The van der Waals surface area contributed by atoms with Gasteiger partial charge in [-0.15, -0.1) is 11.8 Å². The molecular weight excluding hydrogens is 358 g/mol. The quantitative estimate of drug-likeness (QED) is 0.274. The fraction of sp³-hybridized carbons (Fsp3) is 0.833. The first-order valence-corrected chi connectivity index (χ1v) is 10.9. The second kappa shape index (κ2) is 8.33. The molecule has 0 aromatic carbocycles. The fourth-order valence-electron chi connectivity index (χ4n) is 3.46. The molecule has 1 amide bonds. The highest BCUT2D eigenvalue weighted by Crippen LogP contribution is 2.55. The van der Waals surface area contributed by atoms with Gasteiger partial charge >= 0.3 is 5.97 Å². The molecule has 2 rings (SSSR count). The number of carbonyl (C=O) groups is 3. The minimum atomic E-state index is -0.450. The maximum Gasteiger partial charge on any atom is 0.306 e. The molecule has 0 aliphatic carbocycles. The van der Waals surface area contributed by atoms with Crippen LogP contribution in [0.2, 0.25) is 0 Å². The summed E-state index contributed by atoms with van der Waals surface area (Å²) in [5.74, 6) is 0.132. The zero-order chi connectivity index (χ0) is 18.8. The Morgan fingerprint density at radius 3 is 2.60 bits per heavy atom. The average Bonchev–Trinajstić information content (AvgIpc) is 2.74. The van der Waals surface area contributed by atoms with Crippen molar-refractivity contribution < 1.29 is 19.1 Å². The van der Waals surface area contributed by atoms with Crippen LogP contribution in [0, 0.1) is 11.8 Å². The Labute approximate surface area is 159 Å². The molecule has 0 aromatic rings. The zero-order valence-electron chi connectivity index (χ0n) is 15.7. The molecular formula is C18H29NO4S2. The number of carbonyl (C=O) groups excluding carboxylic acids is 3. The van der Waals surface area contributed by atoms with Gasteiger partial charge in [-0.1, -0.05) is 33.6 Å². The molecule has 2 aliphatic heterocycles. The molecule has 3 atom stereocenters. The van der Waals surface area contributed by atoms with Gasteiger partial charge in [-0.2, -0.15) is 0 Å². The molecule has 25 heavy (non-hydrogen) atoms. The van der Waals surface area contributed by atoms with Crippen LogP contribution in [0.1, 0.15) is 60.3 Å². The van der Waals surface area contributed by atoms with E-state index in [-0.39, 0.29) is 44.9 Å². The molecule has 7 heteroatoms. The third-order valence-electron chi connectivity index (χ3n) is 4.83. The molecule has 0 aromatic heterocycles. The highest BCUT2D eigenvalue weighted by molar-refractivity contribution is 8.13. The second-order valence-corrected chi connectivity index (χ2v) is 10.3. The predicted octanol–water partition coefficient (Wildman–Crippen LogP) is 3.66. The molecule has 0 bridgehead atoms. The maximum atomic E-state index is 12.7. The second-order valence-electron chi connectivity index (χ2n) is 7.58. The van der Waals surface area contributed by atoms with E-state index in [9.17, 15) is 14.4 Å². The van der Waals surface area contributed by atoms with E-state index in [0.29, 0.717) is 6.42 Å². The van der Waals surface area contributed by atoms with Crippen LogP contribution < -0.4 is 0 Å². The monoisotopic (exact) mass is 387 g/mol. The Hall–Kier alpha value is -0.690.